The molecule has 0 saturated heterocycles. The predicted octanol–water partition coefficient (Wildman–Crippen LogP) is 5.16. The maximum atomic E-state index is 9.54. The molecule has 2 aromatic carbocycles. The summed E-state index contributed by atoms with van der Waals surface area (Å²) in [6, 6.07) is 12.1. The van der Waals surface area contributed by atoms with Crippen LogP contribution in [0.5, 0.6) is 0 Å². The first-order valence-corrected chi connectivity index (χ1v) is 7.39. The van der Waals surface area contributed by atoms with E-state index in [4.69, 9.17) is 11.6 Å². The van der Waals surface area contributed by atoms with Crippen LogP contribution in [0.25, 0.3) is 0 Å². The summed E-state index contributed by atoms with van der Waals surface area (Å²) in [5, 5.41) is 10.2. The van der Waals surface area contributed by atoms with Gasteiger partial charge in [0.25, 0.3) is 0 Å². The van der Waals surface area contributed by atoms with Crippen molar-refractivity contribution in [3.63, 3.8) is 0 Å². The molecule has 3 heteroatoms. The Morgan fingerprint density at radius 3 is 2.42 bits per heavy atom. The van der Waals surface area contributed by atoms with Crippen molar-refractivity contribution in [2.45, 2.75) is 36.7 Å². The number of hydrogen-bond donors (Lipinski definition) is 1. The summed E-state index contributed by atoms with van der Waals surface area (Å²) in [6.45, 7) is 5.92. The third-order valence-corrected chi connectivity index (χ3v) is 4.66. The van der Waals surface area contributed by atoms with Crippen LogP contribution in [-0.2, 0) is 0 Å². The lowest BCUT2D eigenvalue weighted by Crippen LogP contribution is -1.91. The second-order valence-electron chi connectivity index (χ2n) is 4.74. The summed E-state index contributed by atoms with van der Waals surface area (Å²) < 4.78 is 0. The Hall–Kier alpha value is -0.960. The van der Waals surface area contributed by atoms with Gasteiger partial charge in [-0.25, -0.2) is 0 Å². The molecule has 2 rings (SSSR count). The molecular weight excluding hydrogens is 276 g/mol. The van der Waals surface area contributed by atoms with Crippen molar-refractivity contribution in [1.82, 2.24) is 0 Å². The van der Waals surface area contributed by atoms with Gasteiger partial charge in [-0.15, -0.1) is 0 Å². The summed E-state index contributed by atoms with van der Waals surface area (Å²) in [6.07, 6.45) is -0.489. The van der Waals surface area contributed by atoms with Gasteiger partial charge in [0.1, 0.15) is 0 Å². The number of hydrogen-bond acceptors (Lipinski definition) is 2. The van der Waals surface area contributed by atoms with E-state index in [1.54, 1.807) is 18.7 Å². The molecule has 0 spiro atoms. The van der Waals surface area contributed by atoms with Gasteiger partial charge in [0.15, 0.2) is 0 Å². The lowest BCUT2D eigenvalue weighted by atomic mass is 10.1. The Labute approximate surface area is 123 Å². The molecule has 0 aliphatic carbocycles. The molecule has 0 heterocycles. The first-order valence-electron chi connectivity index (χ1n) is 6.20. The molecule has 0 saturated carbocycles. The lowest BCUT2D eigenvalue weighted by Gasteiger charge is -2.11. The average Bonchev–Trinajstić information content (AvgIpc) is 2.36. The van der Waals surface area contributed by atoms with E-state index in [9.17, 15) is 5.11 Å². The molecule has 19 heavy (non-hydrogen) atoms. The van der Waals surface area contributed by atoms with Gasteiger partial charge in [0.05, 0.1) is 11.1 Å². The fourth-order valence-corrected chi connectivity index (χ4v) is 3.10. The van der Waals surface area contributed by atoms with Crippen LogP contribution in [-0.4, -0.2) is 5.11 Å². The third kappa shape index (κ3) is 3.53. The first-order chi connectivity index (χ1) is 8.97. The zero-order valence-electron chi connectivity index (χ0n) is 11.3. The van der Waals surface area contributed by atoms with Crippen LogP contribution in [0.15, 0.2) is 46.2 Å². The maximum absolute atomic E-state index is 9.54. The Morgan fingerprint density at radius 2 is 1.79 bits per heavy atom. The zero-order chi connectivity index (χ0) is 14.0. The number of aliphatic hydroxyl groups excluding tert-OH is 1. The number of aryl methyl sites for hydroxylation is 2. The van der Waals surface area contributed by atoms with E-state index in [0.29, 0.717) is 5.02 Å². The maximum Gasteiger partial charge on any atom is 0.0762 e. The fraction of sp³-hybridized carbons (Fsp3) is 0.250. The number of benzene rings is 2. The second kappa shape index (κ2) is 6.00. The quantitative estimate of drug-likeness (QED) is 0.843. The van der Waals surface area contributed by atoms with E-state index in [2.05, 4.69) is 32.0 Å². The molecule has 0 amide bonds. The van der Waals surface area contributed by atoms with E-state index in [0.717, 1.165) is 10.5 Å². The molecule has 0 fully saturated rings. The highest BCUT2D eigenvalue weighted by Gasteiger charge is 2.08. The minimum atomic E-state index is -0.489. The van der Waals surface area contributed by atoms with Crippen LogP contribution in [0.3, 0.4) is 0 Å². The first kappa shape index (κ1) is 14.4. The van der Waals surface area contributed by atoms with Gasteiger partial charge in [-0.05, 0) is 55.7 Å². The van der Waals surface area contributed by atoms with Crippen LogP contribution in [0.4, 0.5) is 0 Å². The second-order valence-corrected chi connectivity index (χ2v) is 6.23. The monoisotopic (exact) mass is 292 g/mol. The fourth-order valence-electron chi connectivity index (χ4n) is 1.80. The molecule has 0 unspecified atom stereocenters. The van der Waals surface area contributed by atoms with E-state index < -0.39 is 6.10 Å². The minimum Gasteiger partial charge on any atom is -0.389 e. The summed E-state index contributed by atoms with van der Waals surface area (Å²) in [5.74, 6) is 0. The molecule has 0 radical (unpaired) electrons. The van der Waals surface area contributed by atoms with Gasteiger partial charge >= 0.3 is 0 Å². The molecule has 1 atom stereocenters. The van der Waals surface area contributed by atoms with Crippen molar-refractivity contribution >= 4 is 23.4 Å². The van der Waals surface area contributed by atoms with E-state index >= 15 is 0 Å². The van der Waals surface area contributed by atoms with Crippen molar-refractivity contribution in [2.75, 3.05) is 0 Å². The SMILES string of the molecule is Cc1ccc(C)c(Sc2ccc([C@H](C)O)cc2Cl)c1. The van der Waals surface area contributed by atoms with Crippen molar-refractivity contribution in [3.05, 3.63) is 58.1 Å². The highest BCUT2D eigenvalue weighted by Crippen LogP contribution is 2.36. The Kier molecular flexibility index (Phi) is 4.56. The van der Waals surface area contributed by atoms with Gasteiger partial charge in [-0.2, -0.15) is 0 Å². The van der Waals surface area contributed by atoms with E-state index in [1.165, 1.54) is 16.0 Å². The van der Waals surface area contributed by atoms with Gasteiger partial charge in [0.2, 0.25) is 0 Å². The van der Waals surface area contributed by atoms with Gasteiger partial charge in [-0.3, -0.25) is 0 Å². The largest absolute Gasteiger partial charge is 0.389 e. The Morgan fingerprint density at radius 1 is 1.05 bits per heavy atom. The van der Waals surface area contributed by atoms with Crippen LogP contribution in [0.1, 0.15) is 29.7 Å². The van der Waals surface area contributed by atoms with Gasteiger partial charge in [0, 0.05) is 9.79 Å². The molecular formula is C16H17ClOS. The smallest absolute Gasteiger partial charge is 0.0762 e. The van der Waals surface area contributed by atoms with E-state index in [-0.39, 0.29) is 0 Å². The zero-order valence-corrected chi connectivity index (χ0v) is 12.8. The summed E-state index contributed by atoms with van der Waals surface area (Å²) >= 11 is 7.95. The molecule has 0 aliphatic rings. The third-order valence-electron chi connectivity index (χ3n) is 3.00. The van der Waals surface area contributed by atoms with Crippen LogP contribution >= 0.6 is 23.4 Å². The normalized spacial score (nSPS) is 12.5. The van der Waals surface area contributed by atoms with Crippen LogP contribution < -0.4 is 0 Å². The minimum absolute atomic E-state index is 0.489. The van der Waals surface area contributed by atoms with Crippen LogP contribution in [0, 0.1) is 13.8 Å². The van der Waals surface area contributed by atoms with Crippen molar-refractivity contribution in [2.24, 2.45) is 0 Å². The summed E-state index contributed by atoms with van der Waals surface area (Å²) in [7, 11) is 0. The van der Waals surface area contributed by atoms with Crippen molar-refractivity contribution in [3.8, 4) is 0 Å². The highest BCUT2D eigenvalue weighted by molar-refractivity contribution is 7.99. The molecule has 2 aromatic rings. The summed E-state index contributed by atoms with van der Waals surface area (Å²) in [4.78, 5) is 2.23. The van der Waals surface area contributed by atoms with Crippen molar-refractivity contribution < 1.29 is 5.11 Å². The molecule has 0 aliphatic heterocycles. The average molecular weight is 293 g/mol. The highest BCUT2D eigenvalue weighted by atomic mass is 35.5. The van der Waals surface area contributed by atoms with Gasteiger partial charge < -0.3 is 5.11 Å². The van der Waals surface area contributed by atoms with Gasteiger partial charge in [-0.1, -0.05) is 41.6 Å². The van der Waals surface area contributed by atoms with E-state index in [1.807, 2.05) is 18.2 Å². The molecule has 0 bridgehead atoms. The number of aliphatic hydroxyl groups is 1. The molecule has 1 N–H and O–H groups in total. The molecule has 100 valence electrons. The number of rotatable bonds is 3. The summed E-state index contributed by atoms with van der Waals surface area (Å²) in [5.41, 5.74) is 3.33. The predicted molar refractivity (Wildman–Crippen MR) is 82.1 cm³/mol. The standard InChI is InChI=1S/C16H17ClOS/c1-10-4-5-11(2)16(8-10)19-15-7-6-13(12(3)18)9-14(15)17/h4-9,12,18H,1-3H3/t12-/m0/s1. The number of halogens is 1. The van der Waals surface area contributed by atoms with Crippen molar-refractivity contribution in [1.29, 1.82) is 0 Å². The Bertz CT molecular complexity index is 593. The Balaban J connectivity index is 2.31. The molecule has 0 aromatic heterocycles. The molecule has 1 nitrogen and oxygen atoms in total. The van der Waals surface area contributed by atoms with Crippen LogP contribution in [0.2, 0.25) is 5.02 Å². The lowest BCUT2D eigenvalue weighted by molar-refractivity contribution is 0.199. The topological polar surface area (TPSA) is 20.2 Å².